The number of amides is 1. The first-order valence-electron chi connectivity index (χ1n) is 6.86. The summed E-state index contributed by atoms with van der Waals surface area (Å²) in [7, 11) is 0. The molecule has 0 aromatic heterocycles. The Morgan fingerprint density at radius 1 is 1.10 bits per heavy atom. The molecule has 0 unspecified atom stereocenters. The number of nitrogens with one attached hydrogen (secondary N) is 1. The van der Waals surface area contributed by atoms with Crippen LogP contribution in [-0.2, 0) is 11.2 Å². The number of rotatable bonds is 4. The number of anilines is 1. The Morgan fingerprint density at radius 2 is 1.90 bits per heavy atom. The summed E-state index contributed by atoms with van der Waals surface area (Å²) in [5, 5.41) is 2.75. The van der Waals surface area contributed by atoms with Crippen LogP contribution in [0.25, 0.3) is 0 Å². The fraction of sp³-hybridized carbons (Fsp3) is 0.176. The van der Waals surface area contributed by atoms with Crippen LogP contribution in [0.4, 0.5) is 5.69 Å². The van der Waals surface area contributed by atoms with E-state index in [1.54, 1.807) is 12.1 Å². The van der Waals surface area contributed by atoms with E-state index in [4.69, 9.17) is 4.74 Å². The Kier molecular flexibility index (Phi) is 3.69. The van der Waals surface area contributed by atoms with Crippen LogP contribution in [0.3, 0.4) is 0 Å². The molecule has 1 aliphatic rings. The van der Waals surface area contributed by atoms with Crippen molar-refractivity contribution in [2.45, 2.75) is 12.8 Å². The molecule has 0 saturated heterocycles. The number of ether oxygens (including phenoxy) is 1. The summed E-state index contributed by atoms with van der Waals surface area (Å²) in [5.41, 5.74) is 2.52. The highest BCUT2D eigenvalue weighted by molar-refractivity contribution is 6.00. The maximum atomic E-state index is 11.8. The van der Waals surface area contributed by atoms with Gasteiger partial charge in [-0.25, -0.2) is 0 Å². The zero-order chi connectivity index (χ0) is 14.7. The second-order valence-corrected chi connectivity index (χ2v) is 4.95. The van der Waals surface area contributed by atoms with E-state index in [1.807, 2.05) is 36.4 Å². The average molecular weight is 281 g/mol. The van der Waals surface area contributed by atoms with Crippen molar-refractivity contribution in [3.05, 3.63) is 59.7 Å². The average Bonchev–Trinajstić information content (AvgIpc) is 2.87. The number of aryl methyl sites for hydroxylation is 1. The third-order valence-electron chi connectivity index (χ3n) is 3.43. The van der Waals surface area contributed by atoms with Crippen LogP contribution in [0, 0.1) is 0 Å². The molecule has 106 valence electrons. The van der Waals surface area contributed by atoms with Crippen molar-refractivity contribution in [2.75, 3.05) is 11.9 Å². The van der Waals surface area contributed by atoms with Crippen molar-refractivity contribution in [1.82, 2.24) is 0 Å². The normalized spacial score (nSPS) is 12.9. The molecule has 1 N–H and O–H groups in total. The Hall–Kier alpha value is -2.62. The van der Waals surface area contributed by atoms with Crippen molar-refractivity contribution in [2.24, 2.45) is 0 Å². The molecule has 0 radical (unpaired) electrons. The van der Waals surface area contributed by atoms with Gasteiger partial charge in [-0.1, -0.05) is 18.2 Å². The van der Waals surface area contributed by atoms with E-state index >= 15 is 0 Å². The van der Waals surface area contributed by atoms with Crippen molar-refractivity contribution < 1.29 is 14.3 Å². The Bertz CT molecular complexity index is 680. The molecular weight excluding hydrogens is 266 g/mol. The molecule has 0 atom stereocenters. The topological polar surface area (TPSA) is 55.4 Å². The van der Waals surface area contributed by atoms with Crippen LogP contribution in [0.2, 0.25) is 0 Å². The van der Waals surface area contributed by atoms with Gasteiger partial charge < -0.3 is 10.1 Å². The summed E-state index contributed by atoms with van der Waals surface area (Å²) in [5.74, 6) is 0.586. The highest BCUT2D eigenvalue weighted by atomic mass is 16.5. The molecule has 0 spiro atoms. The van der Waals surface area contributed by atoms with Crippen molar-refractivity contribution in [1.29, 1.82) is 0 Å². The van der Waals surface area contributed by atoms with Crippen LogP contribution in [-0.4, -0.2) is 18.3 Å². The minimum atomic E-state index is -0.210. The molecule has 21 heavy (non-hydrogen) atoms. The van der Waals surface area contributed by atoms with Crippen LogP contribution in [0.1, 0.15) is 22.3 Å². The minimum absolute atomic E-state index is 0.0539. The van der Waals surface area contributed by atoms with Gasteiger partial charge in [0.05, 0.1) is 0 Å². The van der Waals surface area contributed by atoms with Gasteiger partial charge in [-0.2, -0.15) is 0 Å². The van der Waals surface area contributed by atoms with Crippen LogP contribution >= 0.6 is 0 Å². The maximum absolute atomic E-state index is 11.8. The molecule has 2 aromatic carbocycles. The second kappa shape index (κ2) is 5.79. The molecule has 0 fully saturated rings. The lowest BCUT2D eigenvalue weighted by molar-refractivity contribution is -0.118. The highest BCUT2D eigenvalue weighted by Gasteiger charge is 2.19. The minimum Gasteiger partial charge on any atom is -0.484 e. The van der Waals surface area contributed by atoms with Crippen molar-refractivity contribution in [3.8, 4) is 5.75 Å². The molecule has 0 bridgehead atoms. The quantitative estimate of drug-likeness (QED) is 0.937. The predicted octanol–water partition coefficient (Wildman–Crippen LogP) is 2.83. The second-order valence-electron chi connectivity index (χ2n) is 4.95. The number of Topliss-reactive ketones (excluding diaryl/α,β-unsaturated/α-hetero) is 1. The summed E-state index contributed by atoms with van der Waals surface area (Å²) >= 11 is 0. The molecule has 0 saturated carbocycles. The lowest BCUT2D eigenvalue weighted by Crippen LogP contribution is -2.20. The van der Waals surface area contributed by atoms with E-state index in [2.05, 4.69) is 5.32 Å². The van der Waals surface area contributed by atoms with E-state index in [9.17, 15) is 9.59 Å². The molecule has 4 nitrogen and oxygen atoms in total. The molecule has 4 heteroatoms. The smallest absolute Gasteiger partial charge is 0.262 e. The van der Waals surface area contributed by atoms with E-state index < -0.39 is 0 Å². The number of hydrogen-bond acceptors (Lipinski definition) is 3. The lowest BCUT2D eigenvalue weighted by atomic mass is 10.1. The summed E-state index contributed by atoms with van der Waals surface area (Å²) in [6.07, 6.45) is 1.31. The summed E-state index contributed by atoms with van der Waals surface area (Å²) in [4.78, 5) is 23.3. The number of para-hydroxylation sites is 1. The van der Waals surface area contributed by atoms with Crippen molar-refractivity contribution >= 4 is 17.4 Å². The molecule has 0 aliphatic heterocycles. The van der Waals surface area contributed by atoms with Gasteiger partial charge in [0.2, 0.25) is 0 Å². The largest absolute Gasteiger partial charge is 0.484 e. The van der Waals surface area contributed by atoms with Gasteiger partial charge in [0.25, 0.3) is 5.91 Å². The molecular formula is C17H15NO3. The van der Waals surface area contributed by atoms with Gasteiger partial charge in [-0.05, 0) is 42.3 Å². The SMILES string of the molecule is O=C(COc1ccc2c(c1)CCC2=O)Nc1ccccc1. The monoisotopic (exact) mass is 281 g/mol. The van der Waals surface area contributed by atoms with Gasteiger partial charge in [0.15, 0.2) is 12.4 Å². The third-order valence-corrected chi connectivity index (χ3v) is 3.43. The maximum Gasteiger partial charge on any atom is 0.262 e. The Morgan fingerprint density at radius 3 is 2.71 bits per heavy atom. The van der Waals surface area contributed by atoms with Crippen LogP contribution in [0.15, 0.2) is 48.5 Å². The van der Waals surface area contributed by atoms with Gasteiger partial charge >= 0.3 is 0 Å². The van der Waals surface area contributed by atoms with E-state index in [0.717, 1.165) is 23.2 Å². The standard InChI is InChI=1S/C17H15NO3/c19-16-9-6-12-10-14(7-8-15(12)16)21-11-17(20)18-13-4-2-1-3-5-13/h1-5,7-8,10H,6,9,11H2,(H,18,20). The van der Waals surface area contributed by atoms with Crippen LogP contribution < -0.4 is 10.1 Å². The van der Waals surface area contributed by atoms with Gasteiger partial charge in [-0.15, -0.1) is 0 Å². The van der Waals surface area contributed by atoms with Gasteiger partial charge in [0, 0.05) is 17.7 Å². The first kappa shape index (κ1) is 13.4. The fourth-order valence-electron chi connectivity index (χ4n) is 2.39. The van der Waals surface area contributed by atoms with Gasteiger partial charge in [-0.3, -0.25) is 9.59 Å². The predicted molar refractivity (Wildman–Crippen MR) is 79.7 cm³/mol. The van der Waals surface area contributed by atoms with Crippen LogP contribution in [0.5, 0.6) is 5.75 Å². The zero-order valence-electron chi connectivity index (χ0n) is 11.5. The summed E-state index contributed by atoms with van der Waals surface area (Å²) < 4.78 is 5.48. The number of hydrogen-bond donors (Lipinski definition) is 1. The third kappa shape index (κ3) is 3.11. The first-order valence-corrected chi connectivity index (χ1v) is 6.86. The molecule has 1 amide bonds. The van der Waals surface area contributed by atoms with E-state index in [1.165, 1.54) is 0 Å². The molecule has 0 heterocycles. The summed E-state index contributed by atoms with van der Waals surface area (Å²) in [6, 6.07) is 14.6. The Balaban J connectivity index is 1.58. The fourth-order valence-corrected chi connectivity index (χ4v) is 2.39. The summed E-state index contributed by atoms with van der Waals surface area (Å²) in [6.45, 7) is -0.0539. The molecule has 1 aliphatic carbocycles. The van der Waals surface area contributed by atoms with E-state index in [-0.39, 0.29) is 18.3 Å². The Labute approximate surface area is 122 Å². The highest BCUT2D eigenvalue weighted by Crippen LogP contribution is 2.26. The zero-order valence-corrected chi connectivity index (χ0v) is 11.5. The number of carbonyl (C=O) groups is 2. The number of benzene rings is 2. The number of carbonyl (C=O) groups excluding carboxylic acids is 2. The number of fused-ring (bicyclic) bond motifs is 1. The molecule has 2 aromatic rings. The first-order chi connectivity index (χ1) is 10.2. The number of ketones is 1. The lowest BCUT2D eigenvalue weighted by Gasteiger charge is -2.08. The molecule has 3 rings (SSSR count). The van der Waals surface area contributed by atoms with E-state index in [0.29, 0.717) is 12.2 Å². The van der Waals surface area contributed by atoms with Crippen molar-refractivity contribution in [3.63, 3.8) is 0 Å². The van der Waals surface area contributed by atoms with Gasteiger partial charge in [0.1, 0.15) is 5.75 Å².